The molecule has 0 saturated carbocycles. The second-order valence-corrected chi connectivity index (χ2v) is 8.69. The molecule has 148 valence electrons. The van der Waals surface area contributed by atoms with E-state index in [1.54, 1.807) is 24.3 Å². The van der Waals surface area contributed by atoms with Crippen LogP contribution in [0, 0.1) is 6.92 Å². The maximum absolute atomic E-state index is 12.6. The molecule has 1 amide bonds. The Balaban J connectivity index is 1.57. The minimum Gasteiger partial charge on any atom is -0.338 e. The average molecular weight is 426 g/mol. The number of aryl methyl sites for hydroxylation is 1. The van der Waals surface area contributed by atoms with Crippen LogP contribution in [0.2, 0.25) is 0 Å². The second kappa shape index (κ2) is 8.62. The van der Waals surface area contributed by atoms with Crippen molar-refractivity contribution in [1.82, 2.24) is 19.9 Å². The number of carbonyl (C=O) groups is 1. The van der Waals surface area contributed by atoms with E-state index in [1.807, 2.05) is 47.2 Å². The fourth-order valence-corrected chi connectivity index (χ4v) is 4.30. The Morgan fingerprint density at radius 3 is 2.76 bits per heavy atom. The molecule has 3 aromatic heterocycles. The zero-order chi connectivity index (χ0) is 20.2. The Labute approximate surface area is 176 Å². The number of anilines is 1. The van der Waals surface area contributed by atoms with Gasteiger partial charge in [0.05, 0.1) is 22.4 Å². The Bertz CT molecular complexity index is 1090. The number of thioether (sulfide) groups is 1. The van der Waals surface area contributed by atoms with Gasteiger partial charge in [0.1, 0.15) is 0 Å². The highest BCUT2D eigenvalue weighted by atomic mass is 32.2. The minimum atomic E-state index is -0.393. The lowest BCUT2D eigenvalue weighted by atomic mass is 10.2. The topological polar surface area (TPSA) is 85.8 Å². The van der Waals surface area contributed by atoms with Crippen molar-refractivity contribution in [3.8, 4) is 10.7 Å². The van der Waals surface area contributed by atoms with E-state index >= 15 is 0 Å². The average Bonchev–Trinajstić information content (AvgIpc) is 3.45. The summed E-state index contributed by atoms with van der Waals surface area (Å²) in [6, 6.07) is 15.8. The van der Waals surface area contributed by atoms with E-state index in [0.717, 1.165) is 16.3 Å². The van der Waals surface area contributed by atoms with Crippen LogP contribution >= 0.6 is 23.1 Å². The number of nitrogens with one attached hydrogen (secondary N) is 1. The van der Waals surface area contributed by atoms with Crippen molar-refractivity contribution >= 4 is 34.9 Å². The molecule has 9 heteroatoms. The number of thiophene rings is 1. The molecule has 0 aliphatic rings. The van der Waals surface area contributed by atoms with Gasteiger partial charge in [0.25, 0.3) is 0 Å². The fraction of sp³-hybridized carbons (Fsp3) is 0.200. The van der Waals surface area contributed by atoms with Crippen LogP contribution in [0.25, 0.3) is 10.7 Å². The Morgan fingerprint density at radius 1 is 1.24 bits per heavy atom. The summed E-state index contributed by atoms with van der Waals surface area (Å²) in [7, 11) is 0. The van der Waals surface area contributed by atoms with E-state index < -0.39 is 5.25 Å². The number of nitrogens with zero attached hydrogens (tertiary/aromatic N) is 4. The predicted octanol–water partition coefficient (Wildman–Crippen LogP) is 4.47. The van der Waals surface area contributed by atoms with Crippen LogP contribution in [0.5, 0.6) is 0 Å². The number of hydrogen-bond donors (Lipinski definition) is 1. The highest BCUT2D eigenvalue weighted by Gasteiger charge is 2.22. The number of hydrogen-bond acceptors (Lipinski definition) is 7. The van der Waals surface area contributed by atoms with Gasteiger partial charge in [-0.2, -0.15) is 0 Å². The quantitative estimate of drug-likeness (QED) is 0.440. The summed E-state index contributed by atoms with van der Waals surface area (Å²) in [6.45, 7) is 4.25. The third-order valence-corrected chi connectivity index (χ3v) is 6.11. The van der Waals surface area contributed by atoms with Crippen LogP contribution in [0.3, 0.4) is 0 Å². The van der Waals surface area contributed by atoms with Crippen molar-refractivity contribution in [2.45, 2.75) is 30.8 Å². The molecular formula is C20H19N5O2S2. The summed E-state index contributed by atoms with van der Waals surface area (Å²) >= 11 is 2.97. The van der Waals surface area contributed by atoms with Crippen molar-refractivity contribution in [3.63, 3.8) is 0 Å². The molecular weight excluding hydrogens is 406 g/mol. The molecule has 0 aliphatic heterocycles. The molecule has 0 fully saturated rings. The first-order chi connectivity index (χ1) is 14.1. The molecule has 4 rings (SSSR count). The largest absolute Gasteiger partial charge is 0.338 e. The first kappa shape index (κ1) is 19.4. The van der Waals surface area contributed by atoms with Crippen molar-refractivity contribution in [1.29, 1.82) is 0 Å². The molecule has 3 heterocycles. The molecule has 0 aliphatic carbocycles. The van der Waals surface area contributed by atoms with Crippen molar-refractivity contribution in [2.24, 2.45) is 0 Å². The molecule has 0 spiro atoms. The lowest BCUT2D eigenvalue weighted by Crippen LogP contribution is -2.22. The fourth-order valence-electron chi connectivity index (χ4n) is 2.73. The zero-order valence-corrected chi connectivity index (χ0v) is 17.5. The van der Waals surface area contributed by atoms with E-state index in [0.29, 0.717) is 23.3 Å². The van der Waals surface area contributed by atoms with Gasteiger partial charge in [-0.1, -0.05) is 53.3 Å². The molecule has 7 nitrogen and oxygen atoms in total. The molecule has 0 radical (unpaired) electrons. The van der Waals surface area contributed by atoms with Crippen LogP contribution in [-0.4, -0.2) is 31.1 Å². The van der Waals surface area contributed by atoms with Crippen LogP contribution in [-0.2, 0) is 11.3 Å². The van der Waals surface area contributed by atoms with Gasteiger partial charge in [-0.15, -0.1) is 21.5 Å². The number of benzene rings is 1. The van der Waals surface area contributed by atoms with E-state index in [9.17, 15) is 4.79 Å². The number of amides is 1. The van der Waals surface area contributed by atoms with Gasteiger partial charge < -0.3 is 4.52 Å². The number of carbonyl (C=O) groups excluding carboxylic acids is 1. The summed E-state index contributed by atoms with van der Waals surface area (Å²) in [5, 5.41) is 17.6. The summed E-state index contributed by atoms with van der Waals surface area (Å²) in [4.78, 5) is 13.6. The lowest BCUT2D eigenvalue weighted by molar-refractivity contribution is -0.115. The highest BCUT2D eigenvalue weighted by Crippen LogP contribution is 2.30. The van der Waals surface area contributed by atoms with Gasteiger partial charge in [-0.3, -0.25) is 14.7 Å². The summed E-state index contributed by atoms with van der Waals surface area (Å²) in [5.41, 5.74) is 1.85. The minimum absolute atomic E-state index is 0.182. The maximum Gasteiger partial charge on any atom is 0.240 e. The first-order valence-corrected chi connectivity index (χ1v) is 10.8. The third kappa shape index (κ3) is 4.57. The van der Waals surface area contributed by atoms with E-state index in [1.165, 1.54) is 11.8 Å². The van der Waals surface area contributed by atoms with Crippen LogP contribution in [0.1, 0.15) is 18.2 Å². The van der Waals surface area contributed by atoms with E-state index in [-0.39, 0.29) is 5.91 Å². The summed E-state index contributed by atoms with van der Waals surface area (Å²) in [5.74, 6) is 0.952. The monoisotopic (exact) mass is 425 g/mol. The molecule has 4 aromatic rings. The SMILES string of the molecule is Cc1cc(NC(=O)C(C)Sc2nnc(-c3cccs3)n2Cc2ccccc2)on1. The van der Waals surface area contributed by atoms with Gasteiger partial charge in [0.2, 0.25) is 11.8 Å². The molecule has 1 atom stereocenters. The Hall–Kier alpha value is -2.91. The third-order valence-electron chi connectivity index (χ3n) is 4.17. The predicted molar refractivity (Wildman–Crippen MR) is 114 cm³/mol. The standard InChI is InChI=1S/C20H19N5O2S2/c1-13-11-17(27-24-13)21-19(26)14(2)29-20-23-22-18(16-9-6-10-28-16)25(20)12-15-7-4-3-5-8-15/h3-11,14H,12H2,1-2H3,(H,21,26). The number of aromatic nitrogens is 4. The van der Waals surface area contributed by atoms with Crippen molar-refractivity contribution in [3.05, 3.63) is 65.2 Å². The Morgan fingerprint density at radius 2 is 2.07 bits per heavy atom. The Kier molecular flexibility index (Phi) is 5.77. The van der Waals surface area contributed by atoms with Crippen molar-refractivity contribution < 1.29 is 9.32 Å². The summed E-state index contributed by atoms with van der Waals surface area (Å²) < 4.78 is 7.12. The molecule has 1 N–H and O–H groups in total. The first-order valence-electron chi connectivity index (χ1n) is 9.02. The van der Waals surface area contributed by atoms with Crippen LogP contribution < -0.4 is 5.32 Å². The second-order valence-electron chi connectivity index (χ2n) is 6.44. The van der Waals surface area contributed by atoms with Gasteiger partial charge in [-0.25, -0.2) is 0 Å². The normalized spacial score (nSPS) is 12.1. The smallest absolute Gasteiger partial charge is 0.240 e. The van der Waals surface area contributed by atoms with Crippen molar-refractivity contribution in [2.75, 3.05) is 5.32 Å². The number of rotatable bonds is 7. The maximum atomic E-state index is 12.6. The van der Waals surface area contributed by atoms with Gasteiger partial charge >= 0.3 is 0 Å². The van der Waals surface area contributed by atoms with Crippen LogP contribution in [0.4, 0.5) is 5.88 Å². The van der Waals surface area contributed by atoms with E-state index in [4.69, 9.17) is 4.52 Å². The van der Waals surface area contributed by atoms with E-state index in [2.05, 4.69) is 32.8 Å². The van der Waals surface area contributed by atoms with Gasteiger partial charge in [-0.05, 0) is 30.9 Å². The summed E-state index contributed by atoms with van der Waals surface area (Å²) in [6.07, 6.45) is 0. The molecule has 0 bridgehead atoms. The van der Waals surface area contributed by atoms with Gasteiger partial charge in [0, 0.05) is 6.07 Å². The molecule has 29 heavy (non-hydrogen) atoms. The highest BCUT2D eigenvalue weighted by molar-refractivity contribution is 8.00. The van der Waals surface area contributed by atoms with Gasteiger partial charge in [0.15, 0.2) is 11.0 Å². The zero-order valence-electron chi connectivity index (χ0n) is 15.9. The lowest BCUT2D eigenvalue weighted by Gasteiger charge is -2.13. The molecule has 1 aromatic carbocycles. The molecule has 1 unspecified atom stereocenters. The van der Waals surface area contributed by atoms with Crippen LogP contribution in [0.15, 0.2) is 63.6 Å². The molecule has 0 saturated heterocycles.